The van der Waals surface area contributed by atoms with E-state index in [0.29, 0.717) is 12.8 Å². The summed E-state index contributed by atoms with van der Waals surface area (Å²) in [7, 11) is 0. The van der Waals surface area contributed by atoms with Crippen LogP contribution in [0.2, 0.25) is 0 Å². The van der Waals surface area contributed by atoms with Crippen LogP contribution < -0.4 is 0 Å². The quantitative estimate of drug-likeness (QED) is 0.608. The normalized spacial score (nSPS) is 41.2. The van der Waals surface area contributed by atoms with Crippen molar-refractivity contribution in [2.45, 2.75) is 49.8 Å². The van der Waals surface area contributed by atoms with Gasteiger partial charge in [-0.2, -0.15) is 0 Å². The number of hydrogen-bond donors (Lipinski definition) is 4. The SMILES string of the molecule is OC1CC(c2ccc(C3CC(O)OC3O)cc2)C(O)O1. The molecule has 110 valence electrons. The van der Waals surface area contributed by atoms with Gasteiger partial charge in [-0.25, -0.2) is 0 Å². The lowest BCUT2D eigenvalue weighted by Crippen LogP contribution is -2.15. The molecule has 2 aliphatic heterocycles. The van der Waals surface area contributed by atoms with Gasteiger partial charge in [0, 0.05) is 24.7 Å². The average molecular weight is 282 g/mol. The van der Waals surface area contributed by atoms with E-state index in [-0.39, 0.29) is 11.8 Å². The smallest absolute Gasteiger partial charge is 0.164 e. The molecule has 2 saturated heterocycles. The lowest BCUT2D eigenvalue weighted by Gasteiger charge is -2.16. The van der Waals surface area contributed by atoms with E-state index in [9.17, 15) is 20.4 Å². The van der Waals surface area contributed by atoms with E-state index in [1.165, 1.54) is 0 Å². The summed E-state index contributed by atoms with van der Waals surface area (Å²) in [6, 6.07) is 7.34. The minimum absolute atomic E-state index is 0.255. The van der Waals surface area contributed by atoms with Gasteiger partial charge in [0.2, 0.25) is 0 Å². The largest absolute Gasteiger partial charge is 0.368 e. The van der Waals surface area contributed by atoms with Crippen LogP contribution in [0.5, 0.6) is 0 Å². The highest BCUT2D eigenvalue weighted by Gasteiger charge is 2.35. The Kier molecular flexibility index (Phi) is 3.76. The summed E-state index contributed by atoms with van der Waals surface area (Å²) in [5.41, 5.74) is 1.73. The van der Waals surface area contributed by atoms with Crippen LogP contribution in [0.3, 0.4) is 0 Å². The summed E-state index contributed by atoms with van der Waals surface area (Å²) in [6.07, 6.45) is -3.16. The van der Waals surface area contributed by atoms with Crippen molar-refractivity contribution in [2.75, 3.05) is 0 Å². The van der Waals surface area contributed by atoms with E-state index in [0.717, 1.165) is 11.1 Å². The summed E-state index contributed by atoms with van der Waals surface area (Å²) >= 11 is 0. The van der Waals surface area contributed by atoms with Crippen LogP contribution in [-0.4, -0.2) is 45.6 Å². The molecule has 0 bridgehead atoms. The first kappa shape index (κ1) is 13.9. The summed E-state index contributed by atoms with van der Waals surface area (Å²) in [5, 5.41) is 38.1. The fraction of sp³-hybridized carbons (Fsp3) is 0.571. The first-order chi connectivity index (χ1) is 9.54. The van der Waals surface area contributed by atoms with Gasteiger partial charge in [0.1, 0.15) is 0 Å². The van der Waals surface area contributed by atoms with Crippen LogP contribution in [0.15, 0.2) is 24.3 Å². The highest BCUT2D eigenvalue weighted by molar-refractivity contribution is 5.29. The maximum atomic E-state index is 9.70. The zero-order valence-electron chi connectivity index (χ0n) is 10.8. The Balaban J connectivity index is 1.75. The van der Waals surface area contributed by atoms with Gasteiger partial charge in [-0.05, 0) is 11.1 Å². The minimum atomic E-state index is -1.00. The van der Waals surface area contributed by atoms with Crippen molar-refractivity contribution in [1.29, 1.82) is 0 Å². The van der Waals surface area contributed by atoms with Crippen LogP contribution in [0.4, 0.5) is 0 Å². The third-order valence-corrected chi connectivity index (χ3v) is 3.99. The van der Waals surface area contributed by atoms with Gasteiger partial charge in [-0.1, -0.05) is 24.3 Å². The zero-order chi connectivity index (χ0) is 14.3. The number of benzene rings is 1. The Morgan fingerprint density at radius 3 is 1.30 bits per heavy atom. The van der Waals surface area contributed by atoms with Crippen LogP contribution in [0.1, 0.15) is 35.8 Å². The summed E-state index contributed by atoms with van der Waals surface area (Å²) in [6.45, 7) is 0. The van der Waals surface area contributed by atoms with Crippen molar-refractivity contribution < 1.29 is 29.9 Å². The Morgan fingerprint density at radius 2 is 1.05 bits per heavy atom. The average Bonchev–Trinajstić information content (AvgIpc) is 2.92. The minimum Gasteiger partial charge on any atom is -0.368 e. The van der Waals surface area contributed by atoms with E-state index in [2.05, 4.69) is 0 Å². The first-order valence-corrected chi connectivity index (χ1v) is 6.67. The van der Waals surface area contributed by atoms with Crippen molar-refractivity contribution in [3.63, 3.8) is 0 Å². The highest BCUT2D eigenvalue weighted by atomic mass is 16.7. The van der Waals surface area contributed by atoms with Gasteiger partial charge in [-0.3, -0.25) is 0 Å². The second kappa shape index (κ2) is 5.40. The van der Waals surface area contributed by atoms with Crippen molar-refractivity contribution in [3.05, 3.63) is 35.4 Å². The molecule has 0 amide bonds. The molecular formula is C14H18O6. The molecule has 0 saturated carbocycles. The second-order valence-corrected chi connectivity index (χ2v) is 5.31. The van der Waals surface area contributed by atoms with Gasteiger partial charge in [-0.15, -0.1) is 0 Å². The molecule has 0 aliphatic carbocycles. The van der Waals surface area contributed by atoms with Crippen molar-refractivity contribution in [2.24, 2.45) is 0 Å². The van der Waals surface area contributed by atoms with E-state index >= 15 is 0 Å². The van der Waals surface area contributed by atoms with Gasteiger partial charge in [0.05, 0.1) is 0 Å². The third kappa shape index (κ3) is 2.58. The number of hydrogen-bond acceptors (Lipinski definition) is 6. The Labute approximate surface area is 116 Å². The summed E-state index contributed by atoms with van der Waals surface area (Å²) in [5.74, 6) is -0.510. The first-order valence-electron chi connectivity index (χ1n) is 6.67. The van der Waals surface area contributed by atoms with E-state index < -0.39 is 25.2 Å². The predicted molar refractivity (Wildman–Crippen MR) is 67.4 cm³/mol. The Hall–Kier alpha value is -1.02. The van der Waals surface area contributed by atoms with Crippen molar-refractivity contribution >= 4 is 0 Å². The number of aliphatic hydroxyl groups is 4. The van der Waals surface area contributed by atoms with Crippen LogP contribution >= 0.6 is 0 Å². The molecule has 6 atom stereocenters. The number of aliphatic hydroxyl groups excluding tert-OH is 4. The van der Waals surface area contributed by atoms with Gasteiger partial charge < -0.3 is 29.9 Å². The summed E-state index contributed by atoms with van der Waals surface area (Å²) in [4.78, 5) is 0. The number of rotatable bonds is 2. The van der Waals surface area contributed by atoms with Gasteiger partial charge in [0.25, 0.3) is 0 Å². The molecule has 0 spiro atoms. The molecule has 4 N–H and O–H groups in total. The Morgan fingerprint density at radius 1 is 0.700 bits per heavy atom. The molecule has 2 fully saturated rings. The van der Waals surface area contributed by atoms with Crippen LogP contribution in [-0.2, 0) is 9.47 Å². The highest BCUT2D eigenvalue weighted by Crippen LogP contribution is 2.36. The molecule has 6 unspecified atom stereocenters. The maximum Gasteiger partial charge on any atom is 0.164 e. The molecular weight excluding hydrogens is 264 g/mol. The number of ether oxygens (including phenoxy) is 2. The molecule has 20 heavy (non-hydrogen) atoms. The van der Waals surface area contributed by atoms with Crippen LogP contribution in [0.25, 0.3) is 0 Å². The monoisotopic (exact) mass is 282 g/mol. The lowest BCUT2D eigenvalue weighted by molar-refractivity contribution is -0.164. The standard InChI is InChI=1S/C14H18O6/c15-11-5-9(13(17)19-11)7-1-2-8(4-3-7)10-6-12(16)20-14(10)18/h1-4,9-18H,5-6H2. The third-order valence-electron chi connectivity index (χ3n) is 3.99. The zero-order valence-corrected chi connectivity index (χ0v) is 10.8. The Bertz CT molecular complexity index is 418. The maximum absolute atomic E-state index is 9.70. The molecule has 2 aliphatic rings. The van der Waals surface area contributed by atoms with E-state index in [1.807, 2.05) is 24.3 Å². The molecule has 0 aromatic heterocycles. The molecule has 3 rings (SSSR count). The summed E-state index contributed by atoms with van der Waals surface area (Å²) < 4.78 is 9.81. The second-order valence-electron chi connectivity index (χ2n) is 5.31. The fourth-order valence-electron chi connectivity index (χ4n) is 2.88. The predicted octanol–water partition coefficient (Wildman–Crippen LogP) is -0.0320. The van der Waals surface area contributed by atoms with E-state index in [4.69, 9.17) is 9.47 Å². The lowest BCUT2D eigenvalue weighted by atomic mass is 9.91. The van der Waals surface area contributed by atoms with Gasteiger partial charge >= 0.3 is 0 Å². The molecule has 1 aromatic rings. The van der Waals surface area contributed by atoms with Crippen molar-refractivity contribution in [1.82, 2.24) is 0 Å². The van der Waals surface area contributed by atoms with Crippen LogP contribution in [0, 0.1) is 0 Å². The molecule has 0 radical (unpaired) electrons. The van der Waals surface area contributed by atoms with E-state index in [1.54, 1.807) is 0 Å². The molecule has 6 nitrogen and oxygen atoms in total. The van der Waals surface area contributed by atoms with Crippen molar-refractivity contribution in [3.8, 4) is 0 Å². The molecule has 1 aromatic carbocycles. The molecule has 2 heterocycles. The van der Waals surface area contributed by atoms with Gasteiger partial charge in [0.15, 0.2) is 25.2 Å². The molecule has 6 heteroatoms. The topological polar surface area (TPSA) is 99.4 Å². The fourth-order valence-corrected chi connectivity index (χ4v) is 2.88.